The summed E-state index contributed by atoms with van der Waals surface area (Å²) < 4.78 is 44.8. The maximum absolute atomic E-state index is 11.9. The van der Waals surface area contributed by atoms with E-state index in [0.717, 1.165) is 0 Å². The SMILES string of the molecule is CCOc1ccc(OC(F)(F)F)c(Br)c1. The van der Waals surface area contributed by atoms with Crippen LogP contribution in [-0.4, -0.2) is 13.0 Å². The van der Waals surface area contributed by atoms with Crippen LogP contribution in [0.5, 0.6) is 11.5 Å². The second-order valence-corrected chi connectivity index (χ2v) is 3.43. The summed E-state index contributed by atoms with van der Waals surface area (Å²) in [6, 6.07) is 4.03. The van der Waals surface area contributed by atoms with E-state index in [1.165, 1.54) is 18.2 Å². The Kier molecular flexibility index (Phi) is 3.84. The summed E-state index contributed by atoms with van der Waals surface area (Å²) in [6.07, 6.45) is -4.68. The lowest BCUT2D eigenvalue weighted by atomic mass is 10.3. The zero-order valence-corrected chi connectivity index (χ0v) is 9.35. The third kappa shape index (κ3) is 3.99. The van der Waals surface area contributed by atoms with Gasteiger partial charge < -0.3 is 9.47 Å². The predicted molar refractivity (Wildman–Crippen MR) is 52.0 cm³/mol. The predicted octanol–water partition coefficient (Wildman–Crippen LogP) is 3.75. The summed E-state index contributed by atoms with van der Waals surface area (Å²) >= 11 is 2.96. The van der Waals surface area contributed by atoms with Crippen molar-refractivity contribution in [3.05, 3.63) is 22.7 Å². The molecular weight excluding hydrogens is 277 g/mol. The molecule has 0 aliphatic carbocycles. The molecule has 84 valence electrons. The second kappa shape index (κ2) is 4.74. The molecule has 0 bridgehead atoms. The molecule has 6 heteroatoms. The summed E-state index contributed by atoms with van der Waals surface area (Å²) in [6.45, 7) is 2.24. The van der Waals surface area contributed by atoms with Crippen molar-refractivity contribution < 1.29 is 22.6 Å². The molecule has 0 aliphatic heterocycles. The topological polar surface area (TPSA) is 18.5 Å². The first-order chi connectivity index (χ1) is 6.92. The Balaban J connectivity index is 2.84. The van der Waals surface area contributed by atoms with Crippen molar-refractivity contribution in [3.63, 3.8) is 0 Å². The van der Waals surface area contributed by atoms with Gasteiger partial charge in [-0.05, 0) is 41.1 Å². The van der Waals surface area contributed by atoms with E-state index in [0.29, 0.717) is 12.4 Å². The van der Waals surface area contributed by atoms with Crippen LogP contribution >= 0.6 is 15.9 Å². The molecule has 0 atom stereocenters. The van der Waals surface area contributed by atoms with Crippen LogP contribution in [0, 0.1) is 0 Å². The van der Waals surface area contributed by atoms with Gasteiger partial charge in [0.05, 0.1) is 11.1 Å². The molecule has 0 aliphatic rings. The van der Waals surface area contributed by atoms with E-state index in [9.17, 15) is 13.2 Å². The molecule has 0 spiro atoms. The van der Waals surface area contributed by atoms with Crippen molar-refractivity contribution in [1.29, 1.82) is 0 Å². The van der Waals surface area contributed by atoms with Crippen LogP contribution < -0.4 is 9.47 Å². The molecule has 2 nitrogen and oxygen atoms in total. The summed E-state index contributed by atoms with van der Waals surface area (Å²) in [5.41, 5.74) is 0. The molecule has 0 heterocycles. The van der Waals surface area contributed by atoms with Crippen molar-refractivity contribution in [2.24, 2.45) is 0 Å². The first kappa shape index (κ1) is 12.2. The van der Waals surface area contributed by atoms with Crippen molar-refractivity contribution in [2.75, 3.05) is 6.61 Å². The van der Waals surface area contributed by atoms with Crippen LogP contribution in [0.2, 0.25) is 0 Å². The van der Waals surface area contributed by atoms with E-state index in [1.807, 2.05) is 0 Å². The number of hydrogen-bond acceptors (Lipinski definition) is 2. The average Bonchev–Trinajstić information content (AvgIpc) is 2.08. The van der Waals surface area contributed by atoms with Gasteiger partial charge in [0.1, 0.15) is 11.5 Å². The van der Waals surface area contributed by atoms with Gasteiger partial charge in [0.15, 0.2) is 0 Å². The molecular formula is C9H8BrF3O2. The van der Waals surface area contributed by atoms with E-state index in [4.69, 9.17) is 4.74 Å². The molecule has 1 rings (SSSR count). The van der Waals surface area contributed by atoms with Gasteiger partial charge >= 0.3 is 6.36 Å². The van der Waals surface area contributed by atoms with Crippen LogP contribution in [0.1, 0.15) is 6.92 Å². The third-order valence-corrected chi connectivity index (χ3v) is 2.06. The highest BCUT2D eigenvalue weighted by atomic mass is 79.9. The summed E-state index contributed by atoms with van der Waals surface area (Å²) in [4.78, 5) is 0. The smallest absolute Gasteiger partial charge is 0.494 e. The van der Waals surface area contributed by atoms with Crippen molar-refractivity contribution in [2.45, 2.75) is 13.3 Å². The standard InChI is InChI=1S/C9H8BrF3O2/c1-2-14-6-3-4-8(7(10)5-6)15-9(11,12)13/h3-5H,2H2,1H3. The Hall–Kier alpha value is -0.910. The normalized spacial score (nSPS) is 11.3. The average molecular weight is 285 g/mol. The highest BCUT2D eigenvalue weighted by Gasteiger charge is 2.31. The Morgan fingerprint density at radius 2 is 2.00 bits per heavy atom. The lowest BCUT2D eigenvalue weighted by molar-refractivity contribution is -0.274. The largest absolute Gasteiger partial charge is 0.573 e. The molecule has 0 unspecified atom stereocenters. The Bertz CT molecular complexity index is 339. The maximum Gasteiger partial charge on any atom is 0.573 e. The molecule has 0 saturated heterocycles. The molecule has 0 fully saturated rings. The molecule has 1 aromatic carbocycles. The van der Waals surface area contributed by atoms with Crippen LogP contribution in [0.3, 0.4) is 0 Å². The van der Waals surface area contributed by atoms with Gasteiger partial charge in [-0.25, -0.2) is 0 Å². The van der Waals surface area contributed by atoms with Crippen LogP contribution in [0.4, 0.5) is 13.2 Å². The van der Waals surface area contributed by atoms with Crippen molar-refractivity contribution in [1.82, 2.24) is 0 Å². The summed E-state index contributed by atoms with van der Waals surface area (Å²) in [5, 5.41) is 0. The minimum absolute atomic E-state index is 0.200. The van der Waals surface area contributed by atoms with Gasteiger partial charge in [-0.3, -0.25) is 0 Å². The Labute approximate surface area is 93.1 Å². The Morgan fingerprint density at radius 1 is 1.33 bits per heavy atom. The molecule has 0 saturated carbocycles. The Morgan fingerprint density at radius 3 is 2.47 bits per heavy atom. The van der Waals surface area contributed by atoms with Gasteiger partial charge in [-0.15, -0.1) is 13.2 Å². The zero-order valence-electron chi connectivity index (χ0n) is 7.77. The van der Waals surface area contributed by atoms with Crippen molar-refractivity contribution >= 4 is 15.9 Å². The molecule has 0 aromatic heterocycles. The van der Waals surface area contributed by atoms with Gasteiger partial charge in [0.25, 0.3) is 0 Å². The fourth-order valence-corrected chi connectivity index (χ4v) is 1.38. The van der Waals surface area contributed by atoms with E-state index in [1.54, 1.807) is 6.92 Å². The van der Waals surface area contributed by atoms with Gasteiger partial charge in [-0.2, -0.15) is 0 Å². The van der Waals surface area contributed by atoms with Crippen molar-refractivity contribution in [3.8, 4) is 11.5 Å². The quantitative estimate of drug-likeness (QED) is 0.842. The molecule has 0 N–H and O–H groups in total. The van der Waals surface area contributed by atoms with E-state index in [2.05, 4.69) is 20.7 Å². The van der Waals surface area contributed by atoms with Gasteiger partial charge in [-0.1, -0.05) is 0 Å². The van der Waals surface area contributed by atoms with E-state index < -0.39 is 6.36 Å². The van der Waals surface area contributed by atoms with E-state index >= 15 is 0 Å². The number of ether oxygens (including phenoxy) is 2. The first-order valence-electron chi connectivity index (χ1n) is 4.10. The van der Waals surface area contributed by atoms with Gasteiger partial charge in [0.2, 0.25) is 0 Å². The zero-order chi connectivity index (χ0) is 11.5. The number of hydrogen-bond donors (Lipinski definition) is 0. The highest BCUT2D eigenvalue weighted by Crippen LogP contribution is 2.33. The molecule has 0 amide bonds. The number of alkyl halides is 3. The van der Waals surface area contributed by atoms with Crippen LogP contribution in [-0.2, 0) is 0 Å². The summed E-state index contributed by atoms with van der Waals surface area (Å²) in [5.74, 6) is 0.199. The molecule has 0 radical (unpaired) electrons. The highest BCUT2D eigenvalue weighted by molar-refractivity contribution is 9.10. The maximum atomic E-state index is 11.9. The first-order valence-corrected chi connectivity index (χ1v) is 4.90. The molecule has 1 aromatic rings. The lowest BCUT2D eigenvalue weighted by Gasteiger charge is -2.11. The second-order valence-electron chi connectivity index (χ2n) is 2.57. The number of halogens is 4. The number of benzene rings is 1. The third-order valence-electron chi connectivity index (χ3n) is 1.44. The molecule has 15 heavy (non-hydrogen) atoms. The minimum Gasteiger partial charge on any atom is -0.494 e. The lowest BCUT2D eigenvalue weighted by Crippen LogP contribution is -2.17. The fourth-order valence-electron chi connectivity index (χ4n) is 0.945. The minimum atomic E-state index is -4.68. The fraction of sp³-hybridized carbons (Fsp3) is 0.333. The summed E-state index contributed by atoms with van der Waals surface area (Å²) in [7, 11) is 0. The van der Waals surface area contributed by atoms with Crippen LogP contribution in [0.25, 0.3) is 0 Å². The van der Waals surface area contributed by atoms with Gasteiger partial charge in [0, 0.05) is 0 Å². The number of rotatable bonds is 3. The van der Waals surface area contributed by atoms with E-state index in [-0.39, 0.29) is 10.2 Å². The monoisotopic (exact) mass is 284 g/mol. The van der Waals surface area contributed by atoms with Crippen LogP contribution in [0.15, 0.2) is 22.7 Å².